The van der Waals surface area contributed by atoms with Gasteiger partial charge in [-0.25, -0.2) is 23.1 Å². The molecular formula is C11H8F3N3. The molecule has 6 heteroatoms. The molecule has 0 saturated carbocycles. The van der Waals surface area contributed by atoms with Crippen molar-refractivity contribution in [1.82, 2.24) is 9.97 Å². The molecule has 1 N–H and O–H groups in total. The SMILES string of the molecule is Fc1cc(F)c(F)c(NCc2ccncn2)c1. The fourth-order valence-electron chi connectivity index (χ4n) is 1.29. The number of rotatable bonds is 3. The number of nitrogens with zero attached hydrogens (tertiary/aromatic N) is 2. The predicted molar refractivity (Wildman–Crippen MR) is 55.7 cm³/mol. The molecule has 0 aliphatic carbocycles. The first-order chi connectivity index (χ1) is 8.16. The Morgan fingerprint density at radius 2 is 2.00 bits per heavy atom. The van der Waals surface area contributed by atoms with Crippen molar-refractivity contribution in [2.24, 2.45) is 0 Å². The van der Waals surface area contributed by atoms with E-state index in [0.717, 1.165) is 6.07 Å². The zero-order valence-electron chi connectivity index (χ0n) is 8.62. The number of aromatic nitrogens is 2. The third kappa shape index (κ3) is 2.72. The Balaban J connectivity index is 2.14. The second-order valence-corrected chi connectivity index (χ2v) is 3.30. The number of halogens is 3. The van der Waals surface area contributed by atoms with Gasteiger partial charge < -0.3 is 5.32 Å². The van der Waals surface area contributed by atoms with Gasteiger partial charge >= 0.3 is 0 Å². The van der Waals surface area contributed by atoms with Gasteiger partial charge in [0.2, 0.25) is 0 Å². The van der Waals surface area contributed by atoms with Crippen LogP contribution >= 0.6 is 0 Å². The minimum Gasteiger partial charge on any atom is -0.377 e. The summed E-state index contributed by atoms with van der Waals surface area (Å²) >= 11 is 0. The van der Waals surface area contributed by atoms with Crippen LogP contribution in [0.4, 0.5) is 18.9 Å². The Labute approximate surface area is 95.3 Å². The van der Waals surface area contributed by atoms with Gasteiger partial charge in [0, 0.05) is 18.3 Å². The summed E-state index contributed by atoms with van der Waals surface area (Å²) in [7, 11) is 0. The Hall–Kier alpha value is -2.11. The fourth-order valence-corrected chi connectivity index (χ4v) is 1.29. The molecule has 0 fully saturated rings. The largest absolute Gasteiger partial charge is 0.377 e. The summed E-state index contributed by atoms with van der Waals surface area (Å²) in [6, 6.07) is 2.99. The smallest absolute Gasteiger partial charge is 0.182 e. The third-order valence-electron chi connectivity index (χ3n) is 2.10. The Kier molecular flexibility index (Phi) is 3.22. The highest BCUT2D eigenvalue weighted by Crippen LogP contribution is 2.19. The number of nitrogens with one attached hydrogen (secondary N) is 1. The average molecular weight is 239 g/mol. The lowest BCUT2D eigenvalue weighted by Crippen LogP contribution is -2.05. The fraction of sp³-hybridized carbons (Fsp3) is 0.0909. The van der Waals surface area contributed by atoms with Crippen LogP contribution in [0.5, 0.6) is 0 Å². The van der Waals surface area contributed by atoms with Crippen LogP contribution in [0.3, 0.4) is 0 Å². The van der Waals surface area contributed by atoms with E-state index in [9.17, 15) is 13.2 Å². The Morgan fingerprint density at radius 3 is 2.71 bits per heavy atom. The normalized spacial score (nSPS) is 10.3. The third-order valence-corrected chi connectivity index (χ3v) is 2.10. The lowest BCUT2D eigenvalue weighted by Gasteiger charge is -2.07. The maximum Gasteiger partial charge on any atom is 0.182 e. The van der Waals surface area contributed by atoms with Crippen molar-refractivity contribution < 1.29 is 13.2 Å². The molecule has 0 unspecified atom stereocenters. The first-order valence-electron chi connectivity index (χ1n) is 4.80. The topological polar surface area (TPSA) is 37.8 Å². The summed E-state index contributed by atoms with van der Waals surface area (Å²) in [4.78, 5) is 7.60. The number of anilines is 1. The van der Waals surface area contributed by atoms with Gasteiger partial charge in [-0.1, -0.05) is 0 Å². The van der Waals surface area contributed by atoms with Crippen molar-refractivity contribution in [2.45, 2.75) is 6.54 Å². The van der Waals surface area contributed by atoms with E-state index < -0.39 is 17.5 Å². The van der Waals surface area contributed by atoms with Gasteiger partial charge in [0.05, 0.1) is 17.9 Å². The summed E-state index contributed by atoms with van der Waals surface area (Å²) in [5.41, 5.74) is 0.352. The summed E-state index contributed by atoms with van der Waals surface area (Å²) in [5, 5.41) is 2.57. The van der Waals surface area contributed by atoms with Gasteiger partial charge in [0.15, 0.2) is 11.6 Å². The number of hydrogen-bond acceptors (Lipinski definition) is 3. The second kappa shape index (κ2) is 4.82. The van der Waals surface area contributed by atoms with E-state index in [1.807, 2.05) is 0 Å². The van der Waals surface area contributed by atoms with Crippen LogP contribution in [0.2, 0.25) is 0 Å². The van der Waals surface area contributed by atoms with Crippen molar-refractivity contribution in [3.05, 3.63) is 53.9 Å². The number of benzene rings is 1. The van der Waals surface area contributed by atoms with Crippen LogP contribution in [0.1, 0.15) is 5.69 Å². The summed E-state index contributed by atoms with van der Waals surface area (Å²) < 4.78 is 39.0. The van der Waals surface area contributed by atoms with E-state index in [1.165, 1.54) is 12.5 Å². The van der Waals surface area contributed by atoms with Gasteiger partial charge in [-0.15, -0.1) is 0 Å². The molecule has 1 aromatic heterocycles. The molecule has 0 atom stereocenters. The molecule has 0 aliphatic rings. The Morgan fingerprint density at radius 1 is 1.18 bits per heavy atom. The molecule has 1 heterocycles. The molecule has 1 aromatic carbocycles. The summed E-state index contributed by atoms with van der Waals surface area (Å²) in [6.45, 7) is 0.155. The van der Waals surface area contributed by atoms with Crippen LogP contribution in [-0.2, 0) is 6.54 Å². The predicted octanol–water partition coefficient (Wildman–Crippen LogP) is 2.51. The molecule has 17 heavy (non-hydrogen) atoms. The molecular weight excluding hydrogens is 231 g/mol. The molecule has 0 amide bonds. The first-order valence-corrected chi connectivity index (χ1v) is 4.80. The van der Waals surface area contributed by atoms with Crippen molar-refractivity contribution >= 4 is 5.69 Å². The number of hydrogen-bond donors (Lipinski definition) is 1. The van der Waals surface area contributed by atoms with Crippen LogP contribution in [-0.4, -0.2) is 9.97 Å². The molecule has 88 valence electrons. The minimum absolute atomic E-state index is 0.155. The summed E-state index contributed by atoms with van der Waals surface area (Å²) in [6.07, 6.45) is 2.85. The average Bonchev–Trinajstić information content (AvgIpc) is 2.33. The van der Waals surface area contributed by atoms with Crippen LogP contribution < -0.4 is 5.32 Å². The van der Waals surface area contributed by atoms with E-state index in [1.54, 1.807) is 6.07 Å². The lowest BCUT2D eigenvalue weighted by molar-refractivity contribution is 0.497. The molecule has 0 spiro atoms. The van der Waals surface area contributed by atoms with Crippen LogP contribution in [0.15, 0.2) is 30.7 Å². The first kappa shape index (κ1) is 11.4. The van der Waals surface area contributed by atoms with Crippen molar-refractivity contribution in [2.75, 3.05) is 5.32 Å². The highest BCUT2D eigenvalue weighted by molar-refractivity contribution is 5.45. The van der Waals surface area contributed by atoms with Gasteiger partial charge in [0.1, 0.15) is 12.1 Å². The quantitative estimate of drug-likeness (QED) is 0.836. The van der Waals surface area contributed by atoms with E-state index in [2.05, 4.69) is 15.3 Å². The highest BCUT2D eigenvalue weighted by atomic mass is 19.2. The molecule has 0 aliphatic heterocycles. The zero-order valence-corrected chi connectivity index (χ0v) is 8.62. The molecule has 2 rings (SSSR count). The summed E-state index contributed by atoms with van der Waals surface area (Å²) in [5.74, 6) is -3.18. The standard InChI is InChI=1S/C11H8F3N3/c12-7-3-9(13)11(14)10(4-7)16-5-8-1-2-15-6-17-8/h1-4,6,16H,5H2. The van der Waals surface area contributed by atoms with E-state index >= 15 is 0 Å². The van der Waals surface area contributed by atoms with Crippen molar-refractivity contribution in [1.29, 1.82) is 0 Å². The van der Waals surface area contributed by atoms with Crippen molar-refractivity contribution in [3.63, 3.8) is 0 Å². The molecule has 0 bridgehead atoms. The highest BCUT2D eigenvalue weighted by Gasteiger charge is 2.10. The molecule has 2 aromatic rings. The second-order valence-electron chi connectivity index (χ2n) is 3.30. The molecule has 3 nitrogen and oxygen atoms in total. The van der Waals surface area contributed by atoms with E-state index in [4.69, 9.17) is 0 Å². The molecule has 0 saturated heterocycles. The molecule has 0 radical (unpaired) electrons. The monoisotopic (exact) mass is 239 g/mol. The van der Waals surface area contributed by atoms with Gasteiger partial charge in [0.25, 0.3) is 0 Å². The van der Waals surface area contributed by atoms with E-state index in [0.29, 0.717) is 11.8 Å². The van der Waals surface area contributed by atoms with Gasteiger partial charge in [-0.3, -0.25) is 0 Å². The van der Waals surface area contributed by atoms with Gasteiger partial charge in [-0.05, 0) is 6.07 Å². The lowest BCUT2D eigenvalue weighted by atomic mass is 10.2. The Bertz CT molecular complexity index is 517. The maximum absolute atomic E-state index is 13.2. The van der Waals surface area contributed by atoms with Crippen LogP contribution in [0, 0.1) is 17.5 Å². The zero-order chi connectivity index (χ0) is 12.3. The van der Waals surface area contributed by atoms with Gasteiger partial charge in [-0.2, -0.15) is 0 Å². The minimum atomic E-state index is -1.23. The van der Waals surface area contributed by atoms with Crippen molar-refractivity contribution in [3.8, 4) is 0 Å². The van der Waals surface area contributed by atoms with Crippen LogP contribution in [0.25, 0.3) is 0 Å². The van der Waals surface area contributed by atoms with E-state index in [-0.39, 0.29) is 12.2 Å². The maximum atomic E-state index is 13.2.